The summed E-state index contributed by atoms with van der Waals surface area (Å²) in [6.07, 6.45) is 2.66. The van der Waals surface area contributed by atoms with Gasteiger partial charge in [0, 0.05) is 0 Å². The van der Waals surface area contributed by atoms with Crippen molar-refractivity contribution in [2.45, 2.75) is 59.4 Å². The van der Waals surface area contributed by atoms with E-state index in [1.807, 2.05) is 0 Å². The van der Waals surface area contributed by atoms with Gasteiger partial charge in [-0.25, -0.2) is 0 Å². The monoisotopic (exact) mass is 274 g/mol. The van der Waals surface area contributed by atoms with E-state index in [0.717, 1.165) is 0 Å². The fraction of sp³-hybridized carbons (Fsp3) is 1.00. The molecule has 1 aliphatic heterocycles. The van der Waals surface area contributed by atoms with E-state index in [-0.39, 0.29) is 0 Å². The maximum atomic E-state index is 3.01. The van der Waals surface area contributed by atoms with Crippen molar-refractivity contribution in [3.05, 3.63) is 0 Å². The summed E-state index contributed by atoms with van der Waals surface area (Å²) < 4.78 is 6.02. The van der Waals surface area contributed by atoms with Crippen LogP contribution >= 0.6 is 0 Å². The van der Waals surface area contributed by atoms with Gasteiger partial charge in [-0.05, 0) is 32.5 Å². The van der Waals surface area contributed by atoms with Crippen LogP contribution in [0.5, 0.6) is 0 Å². The first kappa shape index (κ1) is 14.6. The smallest absolute Gasteiger partial charge is 0.173 e. The molecular weight excluding hydrogens is 244 g/mol. The van der Waals surface area contributed by atoms with Crippen molar-refractivity contribution in [1.29, 1.82) is 0 Å². The fourth-order valence-corrected chi connectivity index (χ4v) is 30.4. The van der Waals surface area contributed by atoms with Gasteiger partial charge in [0.05, 0.1) is 0 Å². The third-order valence-electron chi connectivity index (χ3n) is 4.76. The van der Waals surface area contributed by atoms with Gasteiger partial charge in [-0.15, -0.1) is 0 Å². The normalized spacial score (nSPS) is 26.4. The minimum Gasteiger partial charge on any atom is -0.337 e. The molecule has 0 aromatic carbocycles. The summed E-state index contributed by atoms with van der Waals surface area (Å²) in [6, 6.07) is 0. The predicted octanol–water partition coefficient (Wildman–Crippen LogP) is 2.76. The van der Waals surface area contributed by atoms with Crippen LogP contribution in [0.1, 0.15) is 26.7 Å². The molecule has 0 saturated carbocycles. The molecule has 0 amide bonds. The maximum absolute atomic E-state index is 3.01. The molecule has 0 aromatic rings. The van der Waals surface area contributed by atoms with E-state index in [1.54, 1.807) is 0 Å². The van der Waals surface area contributed by atoms with Crippen LogP contribution in [0.3, 0.4) is 0 Å². The molecule has 0 spiro atoms. The summed E-state index contributed by atoms with van der Waals surface area (Å²) in [5.74, 6) is 0. The first-order valence-electron chi connectivity index (χ1n) is 6.84. The van der Waals surface area contributed by atoms with Crippen molar-refractivity contribution in [3.63, 3.8) is 0 Å². The Labute approximate surface area is 106 Å². The minimum atomic E-state index is -1.12. The summed E-state index contributed by atoms with van der Waals surface area (Å²) in [4.78, 5) is 0. The number of nitrogens with zero attached hydrogens (tertiary/aromatic N) is 2. The summed E-state index contributed by atoms with van der Waals surface area (Å²) in [5.41, 5.74) is 0. The van der Waals surface area contributed by atoms with E-state index < -0.39 is 24.6 Å². The molecule has 0 radical (unpaired) electrons. The molecule has 1 rings (SSSR count). The zero-order valence-electron chi connectivity index (χ0n) is 12.3. The Kier molecular flexibility index (Phi) is 4.62. The van der Waals surface area contributed by atoms with Gasteiger partial charge in [0.25, 0.3) is 0 Å². The average molecular weight is 275 g/mol. The average Bonchev–Trinajstić information content (AvgIpc) is 2.30. The van der Waals surface area contributed by atoms with Crippen molar-refractivity contribution in [3.8, 4) is 0 Å². The second-order valence-corrected chi connectivity index (χ2v) is 24.4. The van der Waals surface area contributed by atoms with Gasteiger partial charge in [-0.3, -0.25) is 0 Å². The highest BCUT2D eigenvalue weighted by Crippen LogP contribution is 2.35. The van der Waals surface area contributed by atoms with Gasteiger partial charge in [-0.2, -0.15) is 0 Å². The molecule has 16 heavy (non-hydrogen) atoms. The SMILES string of the molecule is CCCN1[SiH](C)N(CCC)[Si](C)(C)[Si]1(C)C. The van der Waals surface area contributed by atoms with E-state index in [1.165, 1.54) is 25.9 Å². The number of hydrogen-bond donors (Lipinski definition) is 0. The summed E-state index contributed by atoms with van der Waals surface area (Å²) >= 11 is 0. The van der Waals surface area contributed by atoms with Crippen molar-refractivity contribution in [2.75, 3.05) is 13.1 Å². The molecule has 1 fully saturated rings. The number of hydrogen-bond acceptors (Lipinski definition) is 2. The van der Waals surface area contributed by atoms with Gasteiger partial charge in [0.1, 0.15) is 15.5 Å². The van der Waals surface area contributed by atoms with Gasteiger partial charge >= 0.3 is 0 Å². The molecule has 0 atom stereocenters. The lowest BCUT2D eigenvalue weighted by Crippen LogP contribution is -2.63. The van der Waals surface area contributed by atoms with E-state index >= 15 is 0 Å². The Morgan fingerprint density at radius 3 is 1.38 bits per heavy atom. The second-order valence-electron chi connectivity index (χ2n) is 6.14. The zero-order valence-corrected chi connectivity index (χ0v) is 15.5. The highest BCUT2D eigenvalue weighted by molar-refractivity contribution is 7.43. The minimum absolute atomic E-state index is 0.774. The molecule has 0 aromatic heterocycles. The lowest BCUT2D eigenvalue weighted by atomic mass is 10.5. The van der Waals surface area contributed by atoms with Crippen LogP contribution in [0.25, 0.3) is 0 Å². The van der Waals surface area contributed by atoms with Crippen molar-refractivity contribution in [2.24, 2.45) is 0 Å². The van der Waals surface area contributed by atoms with Crippen molar-refractivity contribution < 1.29 is 0 Å². The molecule has 0 aliphatic carbocycles. The van der Waals surface area contributed by atoms with Gasteiger partial charge in [0.15, 0.2) is 9.12 Å². The van der Waals surface area contributed by atoms with Crippen LogP contribution in [-0.4, -0.2) is 46.2 Å². The summed E-state index contributed by atoms with van der Waals surface area (Å²) in [6.45, 7) is 20.5. The molecule has 1 aliphatic rings. The van der Waals surface area contributed by atoms with Crippen molar-refractivity contribution >= 4 is 24.6 Å². The largest absolute Gasteiger partial charge is 0.337 e. The number of rotatable bonds is 4. The maximum Gasteiger partial charge on any atom is 0.173 e. The lowest BCUT2D eigenvalue weighted by molar-refractivity contribution is 0.559. The molecule has 96 valence electrons. The molecule has 0 unspecified atom stereocenters. The molecule has 5 heteroatoms. The molecule has 1 heterocycles. The topological polar surface area (TPSA) is 6.48 Å². The van der Waals surface area contributed by atoms with Gasteiger partial charge in [-0.1, -0.05) is 40.0 Å². The Morgan fingerprint density at radius 2 is 1.12 bits per heavy atom. The fourth-order valence-electron chi connectivity index (χ4n) is 3.22. The summed E-state index contributed by atoms with van der Waals surface area (Å²) in [7, 11) is -3.02. The van der Waals surface area contributed by atoms with Crippen molar-refractivity contribution in [1.82, 2.24) is 8.46 Å². The van der Waals surface area contributed by atoms with Gasteiger partial charge < -0.3 is 8.46 Å². The Balaban J connectivity index is 2.99. The van der Waals surface area contributed by atoms with Crippen LogP contribution in [0.4, 0.5) is 0 Å². The Morgan fingerprint density at radius 1 is 0.812 bits per heavy atom. The zero-order chi connectivity index (χ0) is 12.6. The van der Waals surface area contributed by atoms with Crippen LogP contribution in [0, 0.1) is 0 Å². The van der Waals surface area contributed by atoms with E-state index in [0.29, 0.717) is 0 Å². The molecular formula is C11H30N2Si3. The standard InChI is InChI=1S/C11H30N2Si3/c1-8-10-12-14(3)13(11-9-2)16(6,7)15(12,4)5/h14H,8-11H2,1-7H3. The van der Waals surface area contributed by atoms with E-state index in [4.69, 9.17) is 0 Å². The highest BCUT2D eigenvalue weighted by Gasteiger charge is 2.58. The molecule has 0 N–H and O–H groups in total. The second kappa shape index (κ2) is 5.06. The predicted molar refractivity (Wildman–Crippen MR) is 82.0 cm³/mol. The van der Waals surface area contributed by atoms with Gasteiger partial charge in [0.2, 0.25) is 0 Å². The van der Waals surface area contributed by atoms with Crippen LogP contribution in [0.2, 0.25) is 32.7 Å². The third-order valence-corrected chi connectivity index (χ3v) is 31.8. The highest BCUT2D eigenvalue weighted by atomic mass is 29.3. The van der Waals surface area contributed by atoms with Crippen LogP contribution in [-0.2, 0) is 0 Å². The molecule has 0 bridgehead atoms. The lowest BCUT2D eigenvalue weighted by Gasteiger charge is -2.39. The molecule has 1 saturated heterocycles. The van der Waals surface area contributed by atoms with E-state index in [9.17, 15) is 0 Å². The van der Waals surface area contributed by atoms with Crippen LogP contribution < -0.4 is 0 Å². The Hall–Kier alpha value is 0.571. The first-order valence-corrected chi connectivity index (χ1v) is 15.9. The Bertz CT molecular complexity index is 219. The quantitative estimate of drug-likeness (QED) is 0.728. The summed E-state index contributed by atoms with van der Waals surface area (Å²) in [5, 5.41) is 0. The third kappa shape index (κ3) is 2.12. The van der Waals surface area contributed by atoms with Crippen LogP contribution in [0.15, 0.2) is 0 Å². The van der Waals surface area contributed by atoms with E-state index in [2.05, 4.69) is 55.0 Å². The molecule has 2 nitrogen and oxygen atoms in total. The first-order chi connectivity index (χ1) is 7.30.